The monoisotopic (exact) mass is 246 g/mol. The van der Waals surface area contributed by atoms with Crippen LogP contribution in [0.2, 0.25) is 0 Å². The molecule has 0 saturated heterocycles. The minimum Gasteiger partial charge on any atom is -0.339 e. The van der Waals surface area contributed by atoms with Crippen molar-refractivity contribution in [2.75, 3.05) is 6.54 Å². The van der Waals surface area contributed by atoms with Crippen molar-refractivity contribution in [3.05, 3.63) is 29.9 Å². The first-order valence-electron chi connectivity index (χ1n) is 6.18. The van der Waals surface area contributed by atoms with Gasteiger partial charge in [-0.3, -0.25) is 4.98 Å². The van der Waals surface area contributed by atoms with Crippen LogP contribution in [0.3, 0.4) is 0 Å². The van der Waals surface area contributed by atoms with E-state index in [1.165, 1.54) is 0 Å². The molecule has 0 bridgehead atoms. The Balaban J connectivity index is 2.18. The largest absolute Gasteiger partial charge is 0.339 e. The smallest absolute Gasteiger partial charge is 0.227 e. The molecule has 0 aromatic carbocycles. The summed E-state index contributed by atoms with van der Waals surface area (Å²) >= 11 is 0. The van der Waals surface area contributed by atoms with E-state index in [0.29, 0.717) is 24.2 Å². The van der Waals surface area contributed by atoms with Crippen LogP contribution in [0.15, 0.2) is 23.0 Å². The minimum absolute atomic E-state index is 0.397. The third kappa shape index (κ3) is 2.73. The molecule has 0 fully saturated rings. The molecule has 1 unspecified atom stereocenters. The highest BCUT2D eigenvalue weighted by Crippen LogP contribution is 2.19. The summed E-state index contributed by atoms with van der Waals surface area (Å²) in [7, 11) is 0. The fourth-order valence-corrected chi connectivity index (χ4v) is 1.79. The van der Waals surface area contributed by atoms with Gasteiger partial charge in [0.1, 0.15) is 0 Å². The average Bonchev–Trinajstić information content (AvgIpc) is 2.85. The van der Waals surface area contributed by atoms with Gasteiger partial charge in [-0.2, -0.15) is 4.98 Å². The normalized spacial score (nSPS) is 12.6. The Kier molecular flexibility index (Phi) is 4.04. The van der Waals surface area contributed by atoms with E-state index < -0.39 is 0 Å². The van der Waals surface area contributed by atoms with E-state index in [9.17, 15) is 0 Å². The highest BCUT2D eigenvalue weighted by atomic mass is 16.5. The predicted molar refractivity (Wildman–Crippen MR) is 68.8 cm³/mol. The van der Waals surface area contributed by atoms with Crippen LogP contribution in [0.5, 0.6) is 0 Å². The number of aromatic nitrogens is 3. The number of hydrogen-bond acceptors (Lipinski definition) is 5. The maximum Gasteiger partial charge on any atom is 0.227 e. The number of hydrogen-bond donors (Lipinski definition) is 1. The van der Waals surface area contributed by atoms with Crippen LogP contribution in [0.4, 0.5) is 0 Å². The fourth-order valence-electron chi connectivity index (χ4n) is 1.79. The summed E-state index contributed by atoms with van der Waals surface area (Å²) in [6.45, 7) is 4.75. The SMILES string of the molecule is CCC(CN)Cc1nc(-c2cnccc2C)no1. The molecule has 0 aliphatic carbocycles. The summed E-state index contributed by atoms with van der Waals surface area (Å²) in [4.78, 5) is 8.49. The summed E-state index contributed by atoms with van der Waals surface area (Å²) in [5.41, 5.74) is 7.67. The zero-order valence-corrected chi connectivity index (χ0v) is 10.8. The molecular weight excluding hydrogens is 228 g/mol. The van der Waals surface area contributed by atoms with Gasteiger partial charge in [-0.1, -0.05) is 18.5 Å². The summed E-state index contributed by atoms with van der Waals surface area (Å²) in [5, 5.41) is 4.00. The number of rotatable bonds is 5. The van der Waals surface area contributed by atoms with Crippen LogP contribution in [0, 0.1) is 12.8 Å². The van der Waals surface area contributed by atoms with Crippen LogP contribution >= 0.6 is 0 Å². The molecule has 96 valence electrons. The highest BCUT2D eigenvalue weighted by molar-refractivity contribution is 5.57. The average molecular weight is 246 g/mol. The molecule has 5 nitrogen and oxygen atoms in total. The van der Waals surface area contributed by atoms with Crippen molar-refractivity contribution in [1.82, 2.24) is 15.1 Å². The van der Waals surface area contributed by atoms with Gasteiger partial charge in [-0.05, 0) is 31.0 Å². The Hall–Kier alpha value is -1.75. The van der Waals surface area contributed by atoms with Crippen molar-refractivity contribution in [2.45, 2.75) is 26.7 Å². The first kappa shape index (κ1) is 12.7. The lowest BCUT2D eigenvalue weighted by Gasteiger charge is -2.07. The molecule has 2 aromatic rings. The molecule has 1 atom stereocenters. The Labute approximate surface area is 106 Å². The van der Waals surface area contributed by atoms with E-state index in [0.717, 1.165) is 24.0 Å². The lowest BCUT2D eigenvalue weighted by atomic mass is 10.0. The molecule has 0 saturated carbocycles. The number of nitrogens with zero attached hydrogens (tertiary/aromatic N) is 3. The van der Waals surface area contributed by atoms with Gasteiger partial charge in [-0.15, -0.1) is 0 Å². The summed E-state index contributed by atoms with van der Waals surface area (Å²) < 4.78 is 5.26. The number of pyridine rings is 1. The van der Waals surface area contributed by atoms with Crippen molar-refractivity contribution in [3.8, 4) is 11.4 Å². The van der Waals surface area contributed by atoms with Crippen LogP contribution in [0.25, 0.3) is 11.4 Å². The van der Waals surface area contributed by atoms with Gasteiger partial charge in [-0.25, -0.2) is 0 Å². The molecule has 2 aromatic heterocycles. The van der Waals surface area contributed by atoms with Crippen molar-refractivity contribution in [2.24, 2.45) is 11.7 Å². The minimum atomic E-state index is 0.397. The van der Waals surface area contributed by atoms with E-state index in [-0.39, 0.29) is 0 Å². The highest BCUT2D eigenvalue weighted by Gasteiger charge is 2.14. The third-order valence-electron chi connectivity index (χ3n) is 3.12. The summed E-state index contributed by atoms with van der Waals surface area (Å²) in [6, 6.07) is 1.93. The van der Waals surface area contributed by atoms with Crippen LogP contribution in [-0.2, 0) is 6.42 Å². The van der Waals surface area contributed by atoms with Crippen molar-refractivity contribution in [3.63, 3.8) is 0 Å². The molecule has 0 radical (unpaired) electrons. The van der Waals surface area contributed by atoms with Gasteiger partial charge < -0.3 is 10.3 Å². The van der Waals surface area contributed by atoms with Gasteiger partial charge >= 0.3 is 0 Å². The molecule has 5 heteroatoms. The van der Waals surface area contributed by atoms with E-state index in [4.69, 9.17) is 10.3 Å². The van der Waals surface area contributed by atoms with Crippen LogP contribution in [0.1, 0.15) is 24.8 Å². The molecular formula is C13H18N4O. The third-order valence-corrected chi connectivity index (χ3v) is 3.12. The van der Waals surface area contributed by atoms with Crippen LogP contribution < -0.4 is 5.73 Å². The van der Waals surface area contributed by atoms with E-state index in [1.54, 1.807) is 12.4 Å². The first-order valence-corrected chi connectivity index (χ1v) is 6.18. The molecule has 0 aliphatic heterocycles. The maximum atomic E-state index is 5.67. The summed E-state index contributed by atoms with van der Waals surface area (Å²) in [6.07, 6.45) is 5.25. The number of aryl methyl sites for hydroxylation is 1. The Morgan fingerprint density at radius 2 is 2.28 bits per heavy atom. The molecule has 2 rings (SSSR count). The predicted octanol–water partition coefficient (Wildman–Crippen LogP) is 1.97. The van der Waals surface area contributed by atoms with Crippen LogP contribution in [-0.4, -0.2) is 21.7 Å². The molecule has 0 aliphatic rings. The maximum absolute atomic E-state index is 5.67. The quantitative estimate of drug-likeness (QED) is 0.872. The molecule has 18 heavy (non-hydrogen) atoms. The Morgan fingerprint density at radius 3 is 2.94 bits per heavy atom. The van der Waals surface area contributed by atoms with Gasteiger partial charge in [0.2, 0.25) is 11.7 Å². The molecule has 2 heterocycles. The standard InChI is InChI=1S/C13H18N4O/c1-3-10(7-14)6-12-16-13(17-18-12)11-8-15-5-4-9(11)2/h4-5,8,10H,3,6-7,14H2,1-2H3. The Morgan fingerprint density at radius 1 is 1.44 bits per heavy atom. The van der Waals surface area contributed by atoms with E-state index >= 15 is 0 Å². The van der Waals surface area contributed by atoms with Gasteiger partial charge in [0.15, 0.2) is 0 Å². The second-order valence-corrected chi connectivity index (χ2v) is 4.42. The van der Waals surface area contributed by atoms with Gasteiger partial charge in [0, 0.05) is 24.4 Å². The lowest BCUT2D eigenvalue weighted by Crippen LogP contribution is -2.15. The molecule has 0 amide bonds. The topological polar surface area (TPSA) is 77.8 Å². The van der Waals surface area contributed by atoms with Crippen molar-refractivity contribution < 1.29 is 4.52 Å². The van der Waals surface area contributed by atoms with Gasteiger partial charge in [0.05, 0.1) is 0 Å². The fraction of sp³-hybridized carbons (Fsp3) is 0.462. The zero-order chi connectivity index (χ0) is 13.0. The van der Waals surface area contributed by atoms with E-state index in [1.807, 2.05) is 13.0 Å². The van der Waals surface area contributed by atoms with Crippen molar-refractivity contribution in [1.29, 1.82) is 0 Å². The molecule has 0 spiro atoms. The van der Waals surface area contributed by atoms with Crippen molar-refractivity contribution >= 4 is 0 Å². The molecule has 2 N–H and O–H groups in total. The first-order chi connectivity index (χ1) is 8.74. The van der Waals surface area contributed by atoms with Gasteiger partial charge in [0.25, 0.3) is 0 Å². The second kappa shape index (κ2) is 5.73. The Bertz CT molecular complexity index is 505. The lowest BCUT2D eigenvalue weighted by molar-refractivity contribution is 0.350. The zero-order valence-electron chi connectivity index (χ0n) is 10.8. The number of nitrogens with two attached hydrogens (primary N) is 1. The van der Waals surface area contributed by atoms with E-state index in [2.05, 4.69) is 22.0 Å². The second-order valence-electron chi connectivity index (χ2n) is 4.42. The summed E-state index contributed by atoms with van der Waals surface area (Å²) in [5.74, 6) is 1.64.